The van der Waals surface area contributed by atoms with Gasteiger partial charge in [0.2, 0.25) is 0 Å². The molecule has 0 aromatic heterocycles. The molecular formula is C12H13BrClNO2. The van der Waals surface area contributed by atoms with Gasteiger partial charge in [-0.25, -0.2) is 0 Å². The van der Waals surface area contributed by atoms with Crippen molar-refractivity contribution in [3.8, 4) is 0 Å². The summed E-state index contributed by atoms with van der Waals surface area (Å²) in [6, 6.07) is 5.37. The predicted octanol–water partition coefficient (Wildman–Crippen LogP) is 2.96. The summed E-state index contributed by atoms with van der Waals surface area (Å²) in [7, 11) is 0. The summed E-state index contributed by atoms with van der Waals surface area (Å²) < 4.78 is 6.11. The van der Waals surface area contributed by atoms with Crippen molar-refractivity contribution < 1.29 is 9.53 Å². The fourth-order valence-electron chi connectivity index (χ4n) is 1.82. The van der Waals surface area contributed by atoms with Gasteiger partial charge in [0.15, 0.2) is 0 Å². The molecule has 1 aliphatic heterocycles. The third-order valence-corrected chi connectivity index (χ3v) is 4.03. The standard InChI is InChI=1S/C12H13BrClNO2/c1-8-7-17-5-4-15(8)12(16)9-2-3-10(13)11(14)6-9/h2-3,6,8H,4-5,7H2,1H3. The predicted molar refractivity (Wildman–Crippen MR) is 70.5 cm³/mol. The molecule has 1 saturated heterocycles. The summed E-state index contributed by atoms with van der Waals surface area (Å²) in [4.78, 5) is 14.1. The Hall–Kier alpha value is -0.580. The molecule has 0 bridgehead atoms. The zero-order valence-electron chi connectivity index (χ0n) is 9.45. The Balaban J connectivity index is 2.21. The van der Waals surface area contributed by atoms with Crippen molar-refractivity contribution in [3.05, 3.63) is 33.3 Å². The van der Waals surface area contributed by atoms with Crippen LogP contribution >= 0.6 is 27.5 Å². The largest absolute Gasteiger partial charge is 0.377 e. The lowest BCUT2D eigenvalue weighted by molar-refractivity contribution is 0.00359. The minimum Gasteiger partial charge on any atom is -0.377 e. The van der Waals surface area contributed by atoms with Gasteiger partial charge in [0, 0.05) is 16.6 Å². The number of halogens is 2. The van der Waals surface area contributed by atoms with Gasteiger partial charge >= 0.3 is 0 Å². The van der Waals surface area contributed by atoms with E-state index in [0.29, 0.717) is 30.3 Å². The van der Waals surface area contributed by atoms with Crippen molar-refractivity contribution in [2.45, 2.75) is 13.0 Å². The van der Waals surface area contributed by atoms with E-state index in [1.54, 1.807) is 18.2 Å². The molecule has 92 valence electrons. The summed E-state index contributed by atoms with van der Waals surface area (Å²) in [5, 5.41) is 0.553. The van der Waals surface area contributed by atoms with Crippen LogP contribution in [0.5, 0.6) is 0 Å². The molecule has 1 aliphatic rings. The number of hydrogen-bond donors (Lipinski definition) is 0. The molecule has 3 nitrogen and oxygen atoms in total. The van der Waals surface area contributed by atoms with Crippen molar-refractivity contribution in [3.63, 3.8) is 0 Å². The molecule has 5 heteroatoms. The quantitative estimate of drug-likeness (QED) is 0.797. The van der Waals surface area contributed by atoms with Gasteiger partial charge in [-0.05, 0) is 41.1 Å². The second kappa shape index (κ2) is 5.38. The summed E-state index contributed by atoms with van der Waals surface area (Å²) in [5.41, 5.74) is 0.618. The number of carbonyl (C=O) groups is 1. The Morgan fingerprint density at radius 3 is 3.00 bits per heavy atom. The van der Waals surface area contributed by atoms with Crippen LogP contribution in [0, 0.1) is 0 Å². The lowest BCUT2D eigenvalue weighted by atomic mass is 10.1. The van der Waals surface area contributed by atoms with E-state index >= 15 is 0 Å². The average molecular weight is 319 g/mol. The lowest BCUT2D eigenvalue weighted by Crippen LogP contribution is -2.47. The Bertz CT molecular complexity index is 439. The molecule has 0 spiro atoms. The number of morpholine rings is 1. The molecule has 1 fully saturated rings. The topological polar surface area (TPSA) is 29.5 Å². The molecule has 0 radical (unpaired) electrons. The van der Waals surface area contributed by atoms with Crippen molar-refractivity contribution in [2.75, 3.05) is 19.8 Å². The van der Waals surface area contributed by atoms with Gasteiger partial charge in [-0.3, -0.25) is 4.79 Å². The van der Waals surface area contributed by atoms with Gasteiger partial charge in [0.1, 0.15) is 0 Å². The summed E-state index contributed by atoms with van der Waals surface area (Å²) in [5.74, 6) is 0.00944. The van der Waals surface area contributed by atoms with Crippen LogP contribution in [0.2, 0.25) is 5.02 Å². The summed E-state index contributed by atoms with van der Waals surface area (Å²) >= 11 is 9.30. The maximum Gasteiger partial charge on any atom is 0.254 e. The summed E-state index contributed by atoms with van der Waals surface area (Å²) in [6.45, 7) is 3.81. The molecule has 0 aliphatic carbocycles. The van der Waals surface area contributed by atoms with Crippen molar-refractivity contribution >= 4 is 33.4 Å². The van der Waals surface area contributed by atoms with Crippen LogP contribution in [-0.4, -0.2) is 36.6 Å². The fourth-order valence-corrected chi connectivity index (χ4v) is 2.25. The van der Waals surface area contributed by atoms with Gasteiger partial charge in [0.05, 0.1) is 24.3 Å². The van der Waals surface area contributed by atoms with E-state index in [9.17, 15) is 4.79 Å². The number of carbonyl (C=O) groups excluding carboxylic acids is 1. The molecular weight excluding hydrogens is 305 g/mol. The van der Waals surface area contributed by atoms with Crippen LogP contribution < -0.4 is 0 Å². The summed E-state index contributed by atoms with van der Waals surface area (Å²) in [6.07, 6.45) is 0. The minimum atomic E-state index is 0.00944. The van der Waals surface area contributed by atoms with Gasteiger partial charge in [0.25, 0.3) is 5.91 Å². The number of ether oxygens (including phenoxy) is 1. The van der Waals surface area contributed by atoms with E-state index in [0.717, 1.165) is 4.47 Å². The number of rotatable bonds is 1. The number of nitrogens with zero attached hydrogens (tertiary/aromatic N) is 1. The molecule has 0 N–H and O–H groups in total. The van der Waals surface area contributed by atoms with Crippen molar-refractivity contribution in [1.82, 2.24) is 4.90 Å². The first kappa shape index (κ1) is 12.9. The SMILES string of the molecule is CC1COCCN1C(=O)c1ccc(Br)c(Cl)c1. The minimum absolute atomic E-state index is 0.00944. The molecule has 0 saturated carbocycles. The smallest absolute Gasteiger partial charge is 0.254 e. The van der Waals surface area contributed by atoms with Gasteiger partial charge in [-0.15, -0.1) is 0 Å². The Kier molecular flexibility index (Phi) is 4.07. The third-order valence-electron chi connectivity index (χ3n) is 2.80. The Labute approximate surface area is 114 Å². The second-order valence-corrected chi connectivity index (χ2v) is 5.31. The van der Waals surface area contributed by atoms with Crippen molar-refractivity contribution in [1.29, 1.82) is 0 Å². The van der Waals surface area contributed by atoms with E-state index in [1.165, 1.54) is 0 Å². The van der Waals surface area contributed by atoms with E-state index in [2.05, 4.69) is 15.9 Å². The highest BCUT2D eigenvalue weighted by atomic mass is 79.9. The molecule has 2 rings (SSSR count). The van der Waals surface area contributed by atoms with Crippen LogP contribution in [0.1, 0.15) is 17.3 Å². The van der Waals surface area contributed by atoms with Crippen molar-refractivity contribution in [2.24, 2.45) is 0 Å². The van der Waals surface area contributed by atoms with Crippen LogP contribution in [0.15, 0.2) is 22.7 Å². The molecule has 17 heavy (non-hydrogen) atoms. The molecule has 1 unspecified atom stereocenters. The molecule has 1 aromatic carbocycles. The monoisotopic (exact) mass is 317 g/mol. The van der Waals surface area contributed by atoms with E-state index in [1.807, 2.05) is 11.8 Å². The van der Waals surface area contributed by atoms with E-state index in [4.69, 9.17) is 16.3 Å². The molecule has 1 atom stereocenters. The number of amides is 1. The highest BCUT2D eigenvalue weighted by Crippen LogP contribution is 2.24. The Morgan fingerprint density at radius 1 is 1.59 bits per heavy atom. The first-order valence-electron chi connectivity index (χ1n) is 5.43. The first-order valence-corrected chi connectivity index (χ1v) is 6.60. The zero-order chi connectivity index (χ0) is 12.4. The lowest BCUT2D eigenvalue weighted by Gasteiger charge is -2.33. The second-order valence-electron chi connectivity index (χ2n) is 4.05. The van der Waals surface area contributed by atoms with Crippen LogP contribution in [-0.2, 0) is 4.74 Å². The van der Waals surface area contributed by atoms with E-state index in [-0.39, 0.29) is 11.9 Å². The van der Waals surface area contributed by atoms with Gasteiger partial charge in [-0.1, -0.05) is 11.6 Å². The highest BCUT2D eigenvalue weighted by molar-refractivity contribution is 9.10. The maximum atomic E-state index is 12.3. The van der Waals surface area contributed by atoms with Gasteiger partial charge < -0.3 is 9.64 Å². The van der Waals surface area contributed by atoms with E-state index < -0.39 is 0 Å². The van der Waals surface area contributed by atoms with Gasteiger partial charge in [-0.2, -0.15) is 0 Å². The van der Waals surface area contributed by atoms with Crippen LogP contribution in [0.25, 0.3) is 0 Å². The number of hydrogen-bond acceptors (Lipinski definition) is 2. The number of benzene rings is 1. The van der Waals surface area contributed by atoms with Crippen LogP contribution in [0.3, 0.4) is 0 Å². The first-order chi connectivity index (χ1) is 8.09. The highest BCUT2D eigenvalue weighted by Gasteiger charge is 2.24. The maximum absolute atomic E-state index is 12.3. The average Bonchev–Trinajstić information content (AvgIpc) is 2.32. The normalized spacial score (nSPS) is 20.4. The third kappa shape index (κ3) is 2.81. The Morgan fingerprint density at radius 2 is 2.35 bits per heavy atom. The fraction of sp³-hybridized carbons (Fsp3) is 0.417. The molecule has 1 heterocycles. The van der Waals surface area contributed by atoms with Crippen LogP contribution in [0.4, 0.5) is 0 Å². The molecule has 1 amide bonds. The zero-order valence-corrected chi connectivity index (χ0v) is 11.8. The molecule has 1 aromatic rings.